The summed E-state index contributed by atoms with van der Waals surface area (Å²) in [6.07, 6.45) is 2.72. The Morgan fingerprint density at radius 1 is 1.30 bits per heavy atom. The monoisotopic (exact) mass is 334 g/mol. The summed E-state index contributed by atoms with van der Waals surface area (Å²) in [6.45, 7) is 3.70. The first-order chi connectivity index (χ1) is 11.1. The number of fused-ring (bicyclic) bond motifs is 1. The molecule has 0 unspecified atom stereocenters. The van der Waals surface area contributed by atoms with Crippen LogP contribution in [0.2, 0.25) is 5.02 Å². The summed E-state index contributed by atoms with van der Waals surface area (Å²) in [6, 6.07) is 5.43. The van der Waals surface area contributed by atoms with Crippen molar-refractivity contribution >= 4 is 28.7 Å². The molecule has 2 fully saturated rings. The molecule has 4 rings (SSSR count). The fourth-order valence-electron chi connectivity index (χ4n) is 3.58. The number of oxazole rings is 1. The summed E-state index contributed by atoms with van der Waals surface area (Å²) in [5.41, 5.74) is 1.59. The highest BCUT2D eigenvalue weighted by Gasteiger charge is 2.38. The van der Waals surface area contributed by atoms with Crippen LogP contribution in [0.1, 0.15) is 38.0 Å². The molecule has 0 spiro atoms. The largest absolute Gasteiger partial charge is 0.461 e. The second kappa shape index (κ2) is 5.80. The van der Waals surface area contributed by atoms with Crippen molar-refractivity contribution in [1.82, 2.24) is 9.88 Å². The zero-order valence-electron chi connectivity index (χ0n) is 13.0. The molecule has 1 aromatic carbocycles. The first kappa shape index (κ1) is 15.0. The molecule has 0 radical (unpaired) electrons. The van der Waals surface area contributed by atoms with Crippen LogP contribution in [0.5, 0.6) is 0 Å². The molecule has 0 aliphatic carbocycles. The second-order valence-electron chi connectivity index (χ2n) is 6.47. The number of hydrogen-bond donors (Lipinski definition) is 0. The van der Waals surface area contributed by atoms with Gasteiger partial charge in [0.25, 0.3) is 0 Å². The zero-order chi connectivity index (χ0) is 16.0. The van der Waals surface area contributed by atoms with Gasteiger partial charge in [-0.15, -0.1) is 0 Å². The third kappa shape index (κ3) is 2.83. The van der Waals surface area contributed by atoms with Gasteiger partial charge in [-0.1, -0.05) is 11.6 Å². The number of aromatic nitrogens is 1. The normalized spacial score (nSPS) is 26.8. The van der Waals surface area contributed by atoms with E-state index in [0.717, 1.165) is 49.3 Å². The maximum atomic E-state index is 11.9. The third-order valence-electron chi connectivity index (χ3n) is 4.83. The number of halogens is 1. The van der Waals surface area contributed by atoms with Gasteiger partial charge in [-0.25, -0.2) is 4.98 Å². The van der Waals surface area contributed by atoms with Crippen molar-refractivity contribution in [2.45, 2.75) is 44.2 Å². The van der Waals surface area contributed by atoms with E-state index < -0.39 is 0 Å². The van der Waals surface area contributed by atoms with Gasteiger partial charge in [0, 0.05) is 17.4 Å². The molecular weight excluding hydrogens is 316 g/mol. The van der Waals surface area contributed by atoms with Crippen molar-refractivity contribution in [2.75, 3.05) is 13.1 Å². The molecule has 3 heterocycles. The van der Waals surface area contributed by atoms with E-state index >= 15 is 0 Å². The number of piperidine rings is 1. The van der Waals surface area contributed by atoms with Crippen LogP contribution in [0.15, 0.2) is 22.6 Å². The molecule has 6 heteroatoms. The van der Waals surface area contributed by atoms with E-state index in [2.05, 4.69) is 9.88 Å². The molecule has 2 saturated heterocycles. The number of likely N-dealkylation sites (tertiary alicyclic amines) is 1. The quantitative estimate of drug-likeness (QED) is 0.788. The molecule has 1 aromatic heterocycles. The van der Waals surface area contributed by atoms with Crippen LogP contribution in [-0.4, -0.2) is 41.1 Å². The van der Waals surface area contributed by atoms with Crippen LogP contribution < -0.4 is 0 Å². The Morgan fingerprint density at radius 3 is 2.78 bits per heavy atom. The van der Waals surface area contributed by atoms with E-state index in [4.69, 9.17) is 20.8 Å². The number of carbonyl (C=O) groups excluding carboxylic acids is 1. The average molecular weight is 335 g/mol. The molecule has 2 atom stereocenters. The van der Waals surface area contributed by atoms with E-state index in [1.807, 2.05) is 25.1 Å². The van der Waals surface area contributed by atoms with E-state index in [9.17, 15) is 4.79 Å². The van der Waals surface area contributed by atoms with Crippen molar-refractivity contribution in [3.63, 3.8) is 0 Å². The number of benzene rings is 1. The zero-order valence-corrected chi connectivity index (χ0v) is 13.8. The van der Waals surface area contributed by atoms with Crippen molar-refractivity contribution in [3.8, 4) is 0 Å². The molecular formula is C17H19ClN2O3. The molecule has 0 amide bonds. The van der Waals surface area contributed by atoms with Crippen LogP contribution >= 0.6 is 11.6 Å². The lowest BCUT2D eigenvalue weighted by Gasteiger charge is -2.33. The Labute approximate surface area is 139 Å². The minimum Gasteiger partial charge on any atom is -0.461 e. The molecule has 2 aliphatic heterocycles. The predicted octanol–water partition coefficient (Wildman–Crippen LogP) is 3.36. The first-order valence-electron chi connectivity index (χ1n) is 8.10. The smallest absolute Gasteiger partial charge is 0.323 e. The Kier molecular flexibility index (Phi) is 3.77. The maximum absolute atomic E-state index is 11.9. The Morgan fingerprint density at radius 2 is 2.09 bits per heavy atom. The minimum absolute atomic E-state index is 0.0343. The number of ether oxygens (including phenoxy) is 1. The van der Waals surface area contributed by atoms with Crippen LogP contribution in [-0.2, 0) is 9.53 Å². The van der Waals surface area contributed by atoms with Crippen LogP contribution in [0.4, 0.5) is 0 Å². The predicted molar refractivity (Wildman–Crippen MR) is 86.5 cm³/mol. The molecule has 0 saturated carbocycles. The van der Waals surface area contributed by atoms with Crippen molar-refractivity contribution in [3.05, 3.63) is 29.1 Å². The molecule has 2 aromatic rings. The second-order valence-corrected chi connectivity index (χ2v) is 6.91. The number of rotatable bonds is 2. The summed E-state index contributed by atoms with van der Waals surface area (Å²) < 4.78 is 11.1. The molecule has 5 nitrogen and oxygen atoms in total. The summed E-state index contributed by atoms with van der Waals surface area (Å²) in [7, 11) is 0. The minimum atomic E-state index is -0.0764. The number of cyclic esters (lactones) is 1. The Bertz CT molecular complexity index is 737. The lowest BCUT2D eigenvalue weighted by Crippen LogP contribution is -2.43. The lowest BCUT2D eigenvalue weighted by atomic mass is 9.95. The van der Waals surface area contributed by atoms with E-state index in [0.29, 0.717) is 10.9 Å². The van der Waals surface area contributed by atoms with Gasteiger partial charge < -0.3 is 9.15 Å². The fraction of sp³-hybridized carbons (Fsp3) is 0.529. The number of nitrogens with zero attached hydrogens (tertiary/aromatic N) is 2. The van der Waals surface area contributed by atoms with Gasteiger partial charge in [0.15, 0.2) is 11.5 Å². The van der Waals surface area contributed by atoms with Crippen LogP contribution in [0, 0.1) is 0 Å². The Balaban J connectivity index is 1.45. The van der Waals surface area contributed by atoms with E-state index in [1.54, 1.807) is 0 Å². The first-order valence-corrected chi connectivity index (χ1v) is 8.48. The topological polar surface area (TPSA) is 55.6 Å². The third-order valence-corrected chi connectivity index (χ3v) is 5.07. The van der Waals surface area contributed by atoms with Gasteiger partial charge in [0.05, 0.1) is 0 Å². The average Bonchev–Trinajstić information content (AvgIpc) is 3.10. The molecule has 23 heavy (non-hydrogen) atoms. The Hall–Kier alpha value is -1.59. The number of esters is 1. The van der Waals surface area contributed by atoms with Crippen molar-refractivity contribution < 1.29 is 13.9 Å². The number of carbonyl (C=O) groups is 1. The van der Waals surface area contributed by atoms with Crippen molar-refractivity contribution in [1.29, 1.82) is 0 Å². The van der Waals surface area contributed by atoms with Crippen LogP contribution in [0.3, 0.4) is 0 Å². The van der Waals surface area contributed by atoms with E-state index in [-0.39, 0.29) is 18.1 Å². The van der Waals surface area contributed by atoms with Gasteiger partial charge in [0.1, 0.15) is 17.7 Å². The summed E-state index contributed by atoms with van der Waals surface area (Å²) in [4.78, 5) is 18.7. The van der Waals surface area contributed by atoms with Gasteiger partial charge >= 0.3 is 5.97 Å². The van der Waals surface area contributed by atoms with Gasteiger partial charge in [-0.05, 0) is 51.1 Å². The molecule has 0 bridgehead atoms. The van der Waals surface area contributed by atoms with Gasteiger partial charge in [-0.3, -0.25) is 9.69 Å². The lowest BCUT2D eigenvalue weighted by molar-refractivity contribution is -0.145. The standard InChI is InChI=1S/C17H19ClN2O3/c1-10-8-14(17(21)22-10)20-6-4-11(5-7-20)16-19-13-9-12(18)2-3-15(13)23-16/h2-3,9-11,14H,4-8H2,1H3/t10-,14+/m1/s1. The molecule has 122 valence electrons. The summed E-state index contributed by atoms with van der Waals surface area (Å²) in [5, 5.41) is 0.668. The highest BCUT2D eigenvalue weighted by molar-refractivity contribution is 6.31. The highest BCUT2D eigenvalue weighted by atomic mass is 35.5. The summed E-state index contributed by atoms with van der Waals surface area (Å²) in [5.74, 6) is 1.00. The maximum Gasteiger partial charge on any atom is 0.323 e. The fourth-order valence-corrected chi connectivity index (χ4v) is 3.75. The number of hydrogen-bond acceptors (Lipinski definition) is 5. The van der Waals surface area contributed by atoms with Gasteiger partial charge in [0.2, 0.25) is 0 Å². The molecule has 0 N–H and O–H groups in total. The summed E-state index contributed by atoms with van der Waals surface area (Å²) >= 11 is 6.00. The van der Waals surface area contributed by atoms with Gasteiger partial charge in [-0.2, -0.15) is 0 Å². The van der Waals surface area contributed by atoms with E-state index in [1.165, 1.54) is 0 Å². The molecule has 2 aliphatic rings. The highest BCUT2D eigenvalue weighted by Crippen LogP contribution is 2.33. The SMILES string of the molecule is C[C@@H]1C[C@H](N2CCC(c3nc4cc(Cl)ccc4o3)CC2)C(=O)O1. The van der Waals surface area contributed by atoms with Crippen molar-refractivity contribution in [2.24, 2.45) is 0 Å². The van der Waals surface area contributed by atoms with Crippen LogP contribution in [0.25, 0.3) is 11.1 Å².